The Kier molecular flexibility index (Phi) is 4.60. The SMILES string of the molecule is O=C(c1ccc(Br)c(F)c1)N1CCC(NCC2CC2)CC1. The van der Waals surface area contributed by atoms with Crippen LogP contribution < -0.4 is 5.32 Å². The molecular weight excluding hydrogens is 335 g/mol. The number of likely N-dealkylation sites (tertiary alicyclic amines) is 1. The molecule has 114 valence electrons. The first-order valence-electron chi connectivity index (χ1n) is 7.61. The zero-order valence-electron chi connectivity index (χ0n) is 11.9. The number of rotatable bonds is 4. The number of benzene rings is 1. The molecule has 0 spiro atoms. The van der Waals surface area contributed by atoms with Crippen LogP contribution in [0, 0.1) is 11.7 Å². The monoisotopic (exact) mass is 354 g/mol. The first-order valence-corrected chi connectivity index (χ1v) is 8.40. The molecule has 21 heavy (non-hydrogen) atoms. The smallest absolute Gasteiger partial charge is 0.253 e. The van der Waals surface area contributed by atoms with Crippen molar-refractivity contribution in [2.24, 2.45) is 5.92 Å². The van der Waals surface area contributed by atoms with E-state index in [0.717, 1.165) is 38.4 Å². The molecule has 1 aromatic carbocycles. The van der Waals surface area contributed by atoms with Crippen molar-refractivity contribution in [2.45, 2.75) is 31.7 Å². The number of hydrogen-bond acceptors (Lipinski definition) is 2. The van der Waals surface area contributed by atoms with E-state index in [-0.39, 0.29) is 11.7 Å². The number of nitrogens with zero attached hydrogens (tertiary/aromatic N) is 1. The zero-order chi connectivity index (χ0) is 14.8. The number of amides is 1. The number of nitrogens with one attached hydrogen (secondary N) is 1. The molecule has 1 saturated heterocycles. The summed E-state index contributed by atoms with van der Waals surface area (Å²) in [6.45, 7) is 2.62. The second-order valence-electron chi connectivity index (χ2n) is 6.05. The van der Waals surface area contributed by atoms with Crippen molar-refractivity contribution < 1.29 is 9.18 Å². The molecule has 2 fully saturated rings. The van der Waals surface area contributed by atoms with Crippen molar-refractivity contribution in [3.8, 4) is 0 Å². The van der Waals surface area contributed by atoms with E-state index in [2.05, 4.69) is 21.2 Å². The summed E-state index contributed by atoms with van der Waals surface area (Å²) in [4.78, 5) is 14.2. The molecule has 0 atom stereocenters. The lowest BCUT2D eigenvalue weighted by Crippen LogP contribution is -2.45. The predicted octanol–water partition coefficient (Wildman–Crippen LogP) is 3.19. The summed E-state index contributed by atoms with van der Waals surface area (Å²) in [5.74, 6) is 0.430. The van der Waals surface area contributed by atoms with E-state index in [4.69, 9.17) is 0 Å². The highest BCUT2D eigenvalue weighted by molar-refractivity contribution is 9.10. The summed E-state index contributed by atoms with van der Waals surface area (Å²) in [6, 6.07) is 5.10. The molecule has 5 heteroatoms. The fraction of sp³-hybridized carbons (Fsp3) is 0.562. The van der Waals surface area contributed by atoms with Crippen molar-refractivity contribution >= 4 is 21.8 Å². The van der Waals surface area contributed by atoms with E-state index < -0.39 is 0 Å². The van der Waals surface area contributed by atoms with Gasteiger partial charge in [0.1, 0.15) is 5.82 Å². The van der Waals surface area contributed by atoms with E-state index in [1.807, 2.05) is 4.90 Å². The van der Waals surface area contributed by atoms with Crippen molar-refractivity contribution in [3.05, 3.63) is 34.1 Å². The fourth-order valence-electron chi connectivity index (χ4n) is 2.75. The summed E-state index contributed by atoms with van der Waals surface area (Å²) in [5, 5.41) is 3.60. The molecule has 2 aliphatic rings. The Morgan fingerprint density at radius 1 is 1.29 bits per heavy atom. The van der Waals surface area contributed by atoms with E-state index in [1.54, 1.807) is 12.1 Å². The molecule has 3 nitrogen and oxygen atoms in total. The highest BCUT2D eigenvalue weighted by Gasteiger charge is 2.26. The number of halogens is 2. The van der Waals surface area contributed by atoms with Crippen LogP contribution >= 0.6 is 15.9 Å². The largest absolute Gasteiger partial charge is 0.339 e. The molecule has 1 heterocycles. The van der Waals surface area contributed by atoms with Gasteiger partial charge in [0.05, 0.1) is 4.47 Å². The number of piperidine rings is 1. The van der Waals surface area contributed by atoms with Crippen LogP contribution in [-0.2, 0) is 0 Å². The molecule has 1 aliphatic carbocycles. The van der Waals surface area contributed by atoms with E-state index in [9.17, 15) is 9.18 Å². The average molecular weight is 355 g/mol. The summed E-state index contributed by atoms with van der Waals surface area (Å²) in [7, 11) is 0. The number of carbonyl (C=O) groups is 1. The van der Waals surface area contributed by atoms with Gasteiger partial charge in [-0.1, -0.05) is 0 Å². The lowest BCUT2D eigenvalue weighted by molar-refractivity contribution is 0.0704. The Morgan fingerprint density at radius 3 is 2.62 bits per heavy atom. The molecule has 1 aliphatic heterocycles. The topological polar surface area (TPSA) is 32.3 Å². The second kappa shape index (κ2) is 6.44. The number of carbonyl (C=O) groups excluding carboxylic acids is 1. The molecule has 1 saturated carbocycles. The minimum absolute atomic E-state index is 0.0676. The van der Waals surface area contributed by atoms with Crippen molar-refractivity contribution in [1.82, 2.24) is 10.2 Å². The van der Waals surface area contributed by atoms with Gasteiger partial charge in [0.25, 0.3) is 5.91 Å². The van der Waals surface area contributed by atoms with Gasteiger partial charge in [-0.25, -0.2) is 4.39 Å². The lowest BCUT2D eigenvalue weighted by Gasteiger charge is -2.32. The van der Waals surface area contributed by atoms with Gasteiger partial charge in [0, 0.05) is 24.7 Å². The predicted molar refractivity (Wildman–Crippen MR) is 83.8 cm³/mol. The third kappa shape index (κ3) is 3.83. The lowest BCUT2D eigenvalue weighted by atomic mass is 10.0. The minimum Gasteiger partial charge on any atom is -0.339 e. The Labute approximate surface area is 133 Å². The first kappa shape index (κ1) is 15.0. The van der Waals surface area contributed by atoms with Gasteiger partial charge in [0.15, 0.2) is 0 Å². The highest BCUT2D eigenvalue weighted by atomic mass is 79.9. The first-order chi connectivity index (χ1) is 10.1. The van der Waals surface area contributed by atoms with Gasteiger partial charge >= 0.3 is 0 Å². The summed E-state index contributed by atoms with van der Waals surface area (Å²) in [6.07, 6.45) is 4.69. The third-order valence-corrected chi connectivity index (χ3v) is 4.98. The van der Waals surface area contributed by atoms with Crippen LogP contribution in [0.5, 0.6) is 0 Å². The molecule has 1 aromatic rings. The van der Waals surface area contributed by atoms with Gasteiger partial charge in [-0.2, -0.15) is 0 Å². The van der Waals surface area contributed by atoms with Crippen LogP contribution in [0.4, 0.5) is 4.39 Å². The van der Waals surface area contributed by atoms with Crippen molar-refractivity contribution in [3.63, 3.8) is 0 Å². The Bertz CT molecular complexity index is 525. The van der Waals surface area contributed by atoms with E-state index in [0.29, 0.717) is 16.1 Å². The molecule has 0 bridgehead atoms. The molecular formula is C16H20BrFN2O. The zero-order valence-corrected chi connectivity index (χ0v) is 13.5. The second-order valence-corrected chi connectivity index (χ2v) is 6.90. The molecule has 0 radical (unpaired) electrons. The third-order valence-electron chi connectivity index (χ3n) is 4.34. The maximum absolute atomic E-state index is 13.5. The maximum Gasteiger partial charge on any atom is 0.253 e. The Balaban J connectivity index is 1.52. The standard InChI is InChI=1S/C16H20BrFN2O/c17-14-4-3-12(9-15(14)18)16(21)20-7-5-13(6-8-20)19-10-11-1-2-11/h3-4,9,11,13,19H,1-2,5-8,10H2. The fourth-order valence-corrected chi connectivity index (χ4v) is 3.00. The minimum atomic E-state index is -0.387. The van der Waals surface area contributed by atoms with Crippen molar-refractivity contribution in [2.75, 3.05) is 19.6 Å². The molecule has 1 N–H and O–H groups in total. The quantitative estimate of drug-likeness (QED) is 0.900. The Hall–Kier alpha value is -0.940. The van der Waals surface area contributed by atoms with E-state index in [1.165, 1.54) is 18.9 Å². The molecule has 1 amide bonds. The van der Waals surface area contributed by atoms with Gasteiger partial charge in [0.2, 0.25) is 0 Å². The van der Waals surface area contributed by atoms with E-state index >= 15 is 0 Å². The summed E-state index contributed by atoms with van der Waals surface area (Å²) in [5.41, 5.74) is 0.431. The van der Waals surface area contributed by atoms with Gasteiger partial charge in [-0.15, -0.1) is 0 Å². The maximum atomic E-state index is 13.5. The van der Waals surface area contributed by atoms with Crippen LogP contribution in [0.15, 0.2) is 22.7 Å². The molecule has 0 unspecified atom stereocenters. The number of hydrogen-bond donors (Lipinski definition) is 1. The average Bonchev–Trinajstić information content (AvgIpc) is 3.32. The van der Waals surface area contributed by atoms with Crippen LogP contribution in [0.1, 0.15) is 36.0 Å². The molecule has 0 aromatic heterocycles. The van der Waals surface area contributed by atoms with Crippen LogP contribution in [-0.4, -0.2) is 36.5 Å². The summed E-state index contributed by atoms with van der Waals surface area (Å²) >= 11 is 3.11. The van der Waals surface area contributed by atoms with Crippen molar-refractivity contribution in [1.29, 1.82) is 0 Å². The van der Waals surface area contributed by atoms with Crippen LogP contribution in [0.3, 0.4) is 0 Å². The highest BCUT2D eigenvalue weighted by Crippen LogP contribution is 2.28. The normalized spacial score (nSPS) is 19.8. The van der Waals surface area contributed by atoms with Crippen LogP contribution in [0.25, 0.3) is 0 Å². The Morgan fingerprint density at radius 2 is 2.00 bits per heavy atom. The van der Waals surface area contributed by atoms with Gasteiger partial charge in [-0.3, -0.25) is 4.79 Å². The van der Waals surface area contributed by atoms with Crippen LogP contribution in [0.2, 0.25) is 0 Å². The summed E-state index contributed by atoms with van der Waals surface area (Å²) < 4.78 is 13.9. The van der Waals surface area contributed by atoms with Gasteiger partial charge in [-0.05, 0) is 72.3 Å². The van der Waals surface area contributed by atoms with Gasteiger partial charge < -0.3 is 10.2 Å². The molecule has 3 rings (SSSR count).